The van der Waals surface area contributed by atoms with Gasteiger partial charge in [-0.25, -0.2) is 0 Å². The fourth-order valence-corrected chi connectivity index (χ4v) is 2.15. The van der Waals surface area contributed by atoms with Gasteiger partial charge >= 0.3 is 0 Å². The van der Waals surface area contributed by atoms with Gasteiger partial charge in [0, 0.05) is 24.3 Å². The zero-order chi connectivity index (χ0) is 11.5. The van der Waals surface area contributed by atoms with E-state index in [-0.39, 0.29) is 11.9 Å². The molecule has 0 bridgehead atoms. The van der Waals surface area contributed by atoms with E-state index in [0.717, 1.165) is 37.2 Å². The third kappa shape index (κ3) is 2.25. The van der Waals surface area contributed by atoms with Crippen LogP contribution in [0.4, 0.5) is 5.69 Å². The minimum absolute atomic E-state index is 0.0988. The van der Waals surface area contributed by atoms with E-state index in [1.807, 2.05) is 24.3 Å². The molecule has 1 N–H and O–H groups in total. The summed E-state index contributed by atoms with van der Waals surface area (Å²) in [5.74, 6) is 0.0988. The smallest absolute Gasteiger partial charge is 0.161 e. The molecule has 3 heteroatoms. The molecule has 1 aromatic rings. The first-order chi connectivity index (χ1) is 7.68. The normalized spacial score (nSPS) is 17.5. The highest BCUT2D eigenvalue weighted by Crippen LogP contribution is 2.24. The molecule has 1 heterocycles. The van der Waals surface area contributed by atoms with Gasteiger partial charge in [-0.1, -0.05) is 12.1 Å². The lowest BCUT2D eigenvalue weighted by Crippen LogP contribution is -2.36. The number of nitrogens with zero attached hydrogens (tertiary/aromatic N) is 1. The molecule has 3 nitrogen and oxygen atoms in total. The van der Waals surface area contributed by atoms with Crippen molar-refractivity contribution in [2.75, 3.05) is 18.0 Å². The van der Waals surface area contributed by atoms with Crippen LogP contribution in [0, 0.1) is 0 Å². The van der Waals surface area contributed by atoms with Gasteiger partial charge in [-0.2, -0.15) is 0 Å². The second-order valence-electron chi connectivity index (χ2n) is 4.29. The van der Waals surface area contributed by atoms with Gasteiger partial charge in [-0.15, -0.1) is 0 Å². The highest BCUT2D eigenvalue weighted by Gasteiger charge is 2.19. The van der Waals surface area contributed by atoms with E-state index >= 15 is 0 Å². The van der Waals surface area contributed by atoms with Crippen LogP contribution in [0.1, 0.15) is 30.1 Å². The third-order valence-corrected chi connectivity index (χ3v) is 3.09. The average molecular weight is 219 g/mol. The molecule has 0 radical (unpaired) electrons. The van der Waals surface area contributed by atoms with Crippen molar-refractivity contribution in [1.29, 1.82) is 0 Å². The Morgan fingerprint density at radius 3 is 2.56 bits per heavy atom. The number of para-hydroxylation sites is 1. The molecule has 1 aliphatic rings. The zero-order valence-corrected chi connectivity index (χ0v) is 9.52. The fourth-order valence-electron chi connectivity index (χ4n) is 2.15. The Morgan fingerprint density at radius 1 is 1.31 bits per heavy atom. The second-order valence-corrected chi connectivity index (χ2v) is 4.29. The molecular weight excluding hydrogens is 202 g/mol. The topological polar surface area (TPSA) is 40.5 Å². The summed E-state index contributed by atoms with van der Waals surface area (Å²) in [5, 5.41) is 9.46. The predicted molar refractivity (Wildman–Crippen MR) is 63.9 cm³/mol. The lowest BCUT2D eigenvalue weighted by molar-refractivity contribution is 0.101. The highest BCUT2D eigenvalue weighted by molar-refractivity contribution is 5.99. The molecule has 0 aromatic heterocycles. The van der Waals surface area contributed by atoms with Crippen molar-refractivity contribution in [3.63, 3.8) is 0 Å². The summed E-state index contributed by atoms with van der Waals surface area (Å²) in [7, 11) is 0. The Labute approximate surface area is 95.7 Å². The third-order valence-electron chi connectivity index (χ3n) is 3.09. The van der Waals surface area contributed by atoms with E-state index in [4.69, 9.17) is 0 Å². The lowest BCUT2D eigenvalue weighted by atomic mass is 10.0. The Balaban J connectivity index is 2.23. The van der Waals surface area contributed by atoms with E-state index in [1.165, 1.54) is 0 Å². The van der Waals surface area contributed by atoms with E-state index in [2.05, 4.69) is 4.90 Å². The minimum Gasteiger partial charge on any atom is -0.393 e. The number of hydrogen-bond acceptors (Lipinski definition) is 3. The van der Waals surface area contributed by atoms with Crippen LogP contribution in [0.2, 0.25) is 0 Å². The maximum atomic E-state index is 11.5. The van der Waals surface area contributed by atoms with Gasteiger partial charge in [0.1, 0.15) is 0 Å². The van der Waals surface area contributed by atoms with Gasteiger partial charge in [-0.05, 0) is 31.9 Å². The van der Waals surface area contributed by atoms with Gasteiger partial charge in [0.15, 0.2) is 5.78 Å². The van der Waals surface area contributed by atoms with Gasteiger partial charge < -0.3 is 10.0 Å². The van der Waals surface area contributed by atoms with E-state index in [0.29, 0.717) is 0 Å². The molecule has 0 spiro atoms. The van der Waals surface area contributed by atoms with Crippen molar-refractivity contribution in [3.8, 4) is 0 Å². The van der Waals surface area contributed by atoms with Gasteiger partial charge in [0.05, 0.1) is 6.10 Å². The number of Topliss-reactive ketones (excluding diaryl/α,β-unsaturated/α-hetero) is 1. The van der Waals surface area contributed by atoms with Gasteiger partial charge in [0.2, 0.25) is 0 Å². The first-order valence-electron chi connectivity index (χ1n) is 5.71. The number of ketones is 1. The Hall–Kier alpha value is -1.35. The van der Waals surface area contributed by atoms with E-state index in [1.54, 1.807) is 6.92 Å². The molecule has 1 aromatic carbocycles. The van der Waals surface area contributed by atoms with Crippen LogP contribution < -0.4 is 4.90 Å². The fraction of sp³-hybridized carbons (Fsp3) is 0.462. The minimum atomic E-state index is -0.180. The van der Waals surface area contributed by atoms with Crippen molar-refractivity contribution in [2.24, 2.45) is 0 Å². The Morgan fingerprint density at radius 2 is 1.94 bits per heavy atom. The van der Waals surface area contributed by atoms with Crippen LogP contribution in [-0.2, 0) is 0 Å². The molecule has 1 saturated heterocycles. The average Bonchev–Trinajstić information content (AvgIpc) is 2.30. The van der Waals surface area contributed by atoms with Gasteiger partial charge in [0.25, 0.3) is 0 Å². The van der Waals surface area contributed by atoms with Crippen LogP contribution in [0.3, 0.4) is 0 Å². The summed E-state index contributed by atoms with van der Waals surface area (Å²) in [6.07, 6.45) is 1.39. The van der Waals surface area contributed by atoms with Crippen molar-refractivity contribution in [3.05, 3.63) is 29.8 Å². The Kier molecular flexibility index (Phi) is 3.25. The standard InChI is InChI=1S/C13H17NO2/c1-10(15)12-4-2-3-5-13(12)14-8-6-11(16)7-9-14/h2-5,11,16H,6-9H2,1H3. The number of carbonyl (C=O) groups excluding carboxylic acids is 1. The summed E-state index contributed by atoms with van der Waals surface area (Å²) < 4.78 is 0. The largest absolute Gasteiger partial charge is 0.393 e. The van der Waals surface area contributed by atoms with Crippen LogP contribution in [0.15, 0.2) is 24.3 Å². The maximum absolute atomic E-state index is 11.5. The number of anilines is 1. The van der Waals surface area contributed by atoms with Crippen molar-refractivity contribution < 1.29 is 9.90 Å². The van der Waals surface area contributed by atoms with E-state index < -0.39 is 0 Å². The van der Waals surface area contributed by atoms with Crippen LogP contribution in [0.5, 0.6) is 0 Å². The molecule has 0 saturated carbocycles. The molecule has 86 valence electrons. The number of carbonyl (C=O) groups is 1. The number of benzene rings is 1. The summed E-state index contributed by atoms with van der Waals surface area (Å²) in [6.45, 7) is 3.24. The van der Waals surface area contributed by atoms with Gasteiger partial charge in [-0.3, -0.25) is 4.79 Å². The number of hydrogen-bond donors (Lipinski definition) is 1. The number of rotatable bonds is 2. The molecule has 1 fully saturated rings. The number of aliphatic hydroxyl groups is 1. The second kappa shape index (κ2) is 4.66. The molecular formula is C13H17NO2. The lowest BCUT2D eigenvalue weighted by Gasteiger charge is -2.32. The quantitative estimate of drug-likeness (QED) is 0.772. The molecule has 0 amide bonds. The van der Waals surface area contributed by atoms with Crippen LogP contribution in [-0.4, -0.2) is 30.1 Å². The predicted octanol–water partition coefficient (Wildman–Crippen LogP) is 1.85. The summed E-state index contributed by atoms with van der Waals surface area (Å²) in [4.78, 5) is 13.7. The first-order valence-corrected chi connectivity index (χ1v) is 5.71. The molecule has 0 aliphatic carbocycles. The summed E-state index contributed by atoms with van der Waals surface area (Å²) >= 11 is 0. The monoisotopic (exact) mass is 219 g/mol. The molecule has 2 rings (SSSR count). The van der Waals surface area contributed by atoms with Crippen LogP contribution >= 0.6 is 0 Å². The molecule has 16 heavy (non-hydrogen) atoms. The number of piperidine rings is 1. The van der Waals surface area contributed by atoms with Crippen molar-refractivity contribution in [1.82, 2.24) is 0 Å². The zero-order valence-electron chi connectivity index (χ0n) is 9.52. The van der Waals surface area contributed by atoms with Crippen LogP contribution in [0.25, 0.3) is 0 Å². The van der Waals surface area contributed by atoms with Crippen molar-refractivity contribution >= 4 is 11.5 Å². The maximum Gasteiger partial charge on any atom is 0.161 e. The molecule has 1 aliphatic heterocycles. The number of aliphatic hydroxyl groups excluding tert-OH is 1. The molecule has 0 unspecified atom stereocenters. The summed E-state index contributed by atoms with van der Waals surface area (Å²) in [6, 6.07) is 7.68. The first kappa shape index (κ1) is 11.1. The summed E-state index contributed by atoms with van der Waals surface area (Å²) in [5.41, 5.74) is 1.78. The highest BCUT2D eigenvalue weighted by atomic mass is 16.3. The Bertz CT molecular complexity index is 381. The van der Waals surface area contributed by atoms with E-state index in [9.17, 15) is 9.90 Å². The van der Waals surface area contributed by atoms with Crippen molar-refractivity contribution in [2.45, 2.75) is 25.9 Å². The molecule has 0 atom stereocenters. The SMILES string of the molecule is CC(=O)c1ccccc1N1CCC(O)CC1.